The van der Waals surface area contributed by atoms with E-state index in [-0.39, 0.29) is 11.8 Å². The van der Waals surface area contributed by atoms with Crippen molar-refractivity contribution < 1.29 is 4.79 Å². The van der Waals surface area contributed by atoms with Gasteiger partial charge in [-0.05, 0) is 69.5 Å². The van der Waals surface area contributed by atoms with Gasteiger partial charge in [0.05, 0.1) is 23.3 Å². The molecule has 29 heavy (non-hydrogen) atoms. The zero-order valence-corrected chi connectivity index (χ0v) is 17.5. The number of likely N-dealkylation sites (tertiary alicyclic amines) is 1. The first kappa shape index (κ1) is 19.6. The van der Waals surface area contributed by atoms with E-state index in [1.54, 1.807) is 0 Å². The fraction of sp³-hybridized carbons (Fsp3) is 0.500. The minimum absolute atomic E-state index is 0.00454. The van der Waals surface area contributed by atoms with E-state index in [4.69, 9.17) is 4.98 Å². The van der Waals surface area contributed by atoms with Crippen LogP contribution >= 0.6 is 0 Å². The molecule has 3 aromatic rings. The molecule has 1 atom stereocenters. The second kappa shape index (κ2) is 8.37. The third-order valence-corrected chi connectivity index (χ3v) is 5.81. The Morgan fingerprint density at radius 2 is 2.03 bits per heavy atom. The number of nitrogens with one attached hydrogen (secondary N) is 3. The largest absolute Gasteiger partial charge is 0.341 e. The molecule has 1 saturated heterocycles. The highest BCUT2D eigenvalue weighted by atomic mass is 16.1. The standard InChI is InChI=1S/C22H30N6O/c1-14(22-15(2)26-27-16(22)3)11-21(29)23-17-7-8-18-19(12-17)25-20(24-18)13-28-9-5-4-6-10-28/h7-8,12,14H,4-6,9-11,13H2,1-3H3,(H,23,29)(H,24,25)(H,26,27). The van der Waals surface area contributed by atoms with Gasteiger partial charge < -0.3 is 10.3 Å². The quantitative estimate of drug-likeness (QED) is 0.589. The topological polar surface area (TPSA) is 89.7 Å². The fourth-order valence-corrected chi connectivity index (χ4v) is 4.42. The van der Waals surface area contributed by atoms with Crippen LogP contribution in [0.4, 0.5) is 5.69 Å². The molecule has 2 aromatic heterocycles. The number of carbonyl (C=O) groups is 1. The highest BCUT2D eigenvalue weighted by Gasteiger charge is 2.18. The van der Waals surface area contributed by atoms with Crippen LogP contribution in [-0.2, 0) is 11.3 Å². The van der Waals surface area contributed by atoms with Crippen molar-refractivity contribution in [2.45, 2.75) is 58.9 Å². The van der Waals surface area contributed by atoms with Crippen molar-refractivity contribution in [2.75, 3.05) is 18.4 Å². The van der Waals surface area contributed by atoms with Gasteiger partial charge in [0.2, 0.25) is 5.91 Å². The molecule has 0 spiro atoms. The number of nitrogens with zero attached hydrogens (tertiary/aromatic N) is 3. The smallest absolute Gasteiger partial charge is 0.224 e. The predicted molar refractivity (Wildman–Crippen MR) is 115 cm³/mol. The lowest BCUT2D eigenvalue weighted by Crippen LogP contribution is -2.29. The average Bonchev–Trinajstić information content (AvgIpc) is 3.24. The molecule has 1 aromatic carbocycles. The summed E-state index contributed by atoms with van der Waals surface area (Å²) in [5.74, 6) is 1.11. The third kappa shape index (κ3) is 4.50. The number of fused-ring (bicyclic) bond motifs is 1. The Balaban J connectivity index is 1.40. The molecule has 7 nitrogen and oxygen atoms in total. The van der Waals surface area contributed by atoms with Crippen molar-refractivity contribution in [3.63, 3.8) is 0 Å². The van der Waals surface area contributed by atoms with Gasteiger partial charge in [-0.25, -0.2) is 4.98 Å². The normalized spacial score (nSPS) is 16.2. The Hall–Kier alpha value is -2.67. The monoisotopic (exact) mass is 394 g/mol. The lowest BCUT2D eigenvalue weighted by Gasteiger charge is -2.25. The Morgan fingerprint density at radius 1 is 1.24 bits per heavy atom. The second-order valence-corrected chi connectivity index (χ2v) is 8.25. The Labute approximate surface area is 171 Å². The number of H-pyrrole nitrogens is 2. The van der Waals surface area contributed by atoms with Crippen LogP contribution in [0.5, 0.6) is 0 Å². The van der Waals surface area contributed by atoms with Gasteiger partial charge in [-0.3, -0.25) is 14.8 Å². The van der Waals surface area contributed by atoms with Crippen LogP contribution in [0.1, 0.15) is 61.3 Å². The molecule has 0 bridgehead atoms. The molecule has 1 fully saturated rings. The van der Waals surface area contributed by atoms with Gasteiger partial charge in [0.1, 0.15) is 5.82 Å². The molecule has 3 heterocycles. The van der Waals surface area contributed by atoms with Crippen LogP contribution in [0, 0.1) is 13.8 Å². The van der Waals surface area contributed by atoms with Gasteiger partial charge in [0, 0.05) is 17.8 Å². The first-order valence-corrected chi connectivity index (χ1v) is 10.5. The molecular formula is C22H30N6O. The molecule has 4 rings (SSSR count). The van der Waals surface area contributed by atoms with Crippen molar-refractivity contribution in [1.82, 2.24) is 25.1 Å². The molecule has 1 unspecified atom stereocenters. The summed E-state index contributed by atoms with van der Waals surface area (Å²) in [4.78, 5) is 23.1. The number of hydrogen-bond acceptors (Lipinski definition) is 4. The average molecular weight is 395 g/mol. The SMILES string of the molecule is Cc1n[nH]c(C)c1C(C)CC(=O)Nc1ccc2nc(CN3CCCCC3)[nH]c2c1. The number of carbonyl (C=O) groups excluding carboxylic acids is 1. The maximum atomic E-state index is 12.6. The van der Waals surface area contributed by atoms with Crippen molar-refractivity contribution in [3.05, 3.63) is 41.0 Å². The molecular weight excluding hydrogens is 364 g/mol. The minimum atomic E-state index is 0.00454. The molecule has 154 valence electrons. The number of anilines is 1. The summed E-state index contributed by atoms with van der Waals surface area (Å²) in [5, 5.41) is 10.3. The van der Waals surface area contributed by atoms with Crippen LogP contribution in [0.25, 0.3) is 11.0 Å². The van der Waals surface area contributed by atoms with Crippen LogP contribution < -0.4 is 5.32 Å². The summed E-state index contributed by atoms with van der Waals surface area (Å²) in [6.45, 7) is 9.18. The van der Waals surface area contributed by atoms with Crippen molar-refractivity contribution in [1.29, 1.82) is 0 Å². The predicted octanol–water partition coefficient (Wildman–Crippen LogP) is 4.02. The number of amides is 1. The Bertz CT molecular complexity index is 979. The number of aryl methyl sites for hydroxylation is 2. The molecule has 7 heteroatoms. The maximum absolute atomic E-state index is 12.6. The number of aromatic amines is 2. The van der Waals surface area contributed by atoms with E-state index in [2.05, 4.69) is 32.3 Å². The number of piperidine rings is 1. The molecule has 0 radical (unpaired) electrons. The summed E-state index contributed by atoms with van der Waals surface area (Å²) in [7, 11) is 0. The molecule has 1 aliphatic heterocycles. The molecule has 3 N–H and O–H groups in total. The number of aromatic nitrogens is 4. The van der Waals surface area contributed by atoms with E-state index in [0.29, 0.717) is 6.42 Å². The highest BCUT2D eigenvalue weighted by Crippen LogP contribution is 2.25. The minimum Gasteiger partial charge on any atom is -0.341 e. The van der Waals surface area contributed by atoms with Gasteiger partial charge in [-0.15, -0.1) is 0 Å². The Morgan fingerprint density at radius 3 is 2.76 bits per heavy atom. The highest BCUT2D eigenvalue weighted by molar-refractivity contribution is 5.93. The summed E-state index contributed by atoms with van der Waals surface area (Å²) in [6, 6.07) is 5.86. The number of rotatable bonds is 6. The van der Waals surface area contributed by atoms with Crippen LogP contribution in [0.3, 0.4) is 0 Å². The van der Waals surface area contributed by atoms with Crippen molar-refractivity contribution in [2.24, 2.45) is 0 Å². The number of benzene rings is 1. The lowest BCUT2D eigenvalue weighted by atomic mass is 9.95. The number of hydrogen-bond donors (Lipinski definition) is 3. The Kier molecular flexibility index (Phi) is 5.67. The van der Waals surface area contributed by atoms with Gasteiger partial charge in [-0.1, -0.05) is 13.3 Å². The van der Waals surface area contributed by atoms with Crippen LogP contribution in [0.15, 0.2) is 18.2 Å². The van der Waals surface area contributed by atoms with E-state index in [9.17, 15) is 4.79 Å². The van der Waals surface area contributed by atoms with Crippen molar-refractivity contribution in [3.8, 4) is 0 Å². The van der Waals surface area contributed by atoms with Crippen LogP contribution in [0.2, 0.25) is 0 Å². The van der Waals surface area contributed by atoms with E-state index in [1.807, 2.05) is 32.0 Å². The first-order valence-electron chi connectivity index (χ1n) is 10.5. The molecule has 1 amide bonds. The summed E-state index contributed by atoms with van der Waals surface area (Å²) in [6.07, 6.45) is 4.29. The lowest BCUT2D eigenvalue weighted by molar-refractivity contribution is -0.116. The van der Waals surface area contributed by atoms with E-state index < -0.39 is 0 Å². The summed E-state index contributed by atoms with van der Waals surface area (Å²) in [5.41, 5.74) is 5.82. The van der Waals surface area contributed by atoms with E-state index >= 15 is 0 Å². The second-order valence-electron chi connectivity index (χ2n) is 8.25. The van der Waals surface area contributed by atoms with E-state index in [1.165, 1.54) is 19.3 Å². The zero-order chi connectivity index (χ0) is 20.4. The third-order valence-electron chi connectivity index (χ3n) is 5.81. The molecule has 0 saturated carbocycles. The summed E-state index contributed by atoms with van der Waals surface area (Å²) < 4.78 is 0. The maximum Gasteiger partial charge on any atom is 0.224 e. The molecule has 1 aliphatic rings. The van der Waals surface area contributed by atoms with Gasteiger partial charge in [0.15, 0.2) is 0 Å². The van der Waals surface area contributed by atoms with Gasteiger partial charge in [0.25, 0.3) is 0 Å². The van der Waals surface area contributed by atoms with Gasteiger partial charge in [-0.2, -0.15) is 5.10 Å². The zero-order valence-electron chi connectivity index (χ0n) is 17.5. The van der Waals surface area contributed by atoms with Crippen LogP contribution in [-0.4, -0.2) is 44.1 Å². The number of imidazole rings is 1. The van der Waals surface area contributed by atoms with Crippen molar-refractivity contribution >= 4 is 22.6 Å². The first-order chi connectivity index (χ1) is 14.0. The fourth-order valence-electron chi connectivity index (χ4n) is 4.42. The van der Waals surface area contributed by atoms with E-state index in [0.717, 1.165) is 59.1 Å². The molecule has 0 aliphatic carbocycles. The van der Waals surface area contributed by atoms with Gasteiger partial charge >= 0.3 is 0 Å². The summed E-state index contributed by atoms with van der Waals surface area (Å²) >= 11 is 0.